The molecule has 2 heterocycles. The zero-order chi connectivity index (χ0) is 20.1. The van der Waals surface area contributed by atoms with Crippen LogP contribution in [0.2, 0.25) is 0 Å². The second-order valence-electron chi connectivity index (χ2n) is 8.03. The number of aromatic nitrogens is 2. The summed E-state index contributed by atoms with van der Waals surface area (Å²) < 4.78 is 0. The van der Waals surface area contributed by atoms with E-state index >= 15 is 0 Å². The molecule has 5 rings (SSSR count). The molecular formula is C23H21N5O. The minimum absolute atomic E-state index is 0.00264. The first-order valence-electron chi connectivity index (χ1n) is 9.86. The fraction of sp³-hybridized carbons (Fsp3) is 0.304. The number of hydrogen-bond acceptors (Lipinski definition) is 4. The van der Waals surface area contributed by atoms with E-state index in [9.17, 15) is 4.79 Å². The number of fused-ring (bicyclic) bond motifs is 2. The van der Waals surface area contributed by atoms with Crippen molar-refractivity contribution in [1.82, 2.24) is 9.97 Å². The Kier molecular flexibility index (Phi) is 3.99. The largest absolute Gasteiger partial charge is 0.383 e. The van der Waals surface area contributed by atoms with Gasteiger partial charge in [-0.3, -0.25) is 4.79 Å². The zero-order valence-electron chi connectivity index (χ0n) is 16.1. The van der Waals surface area contributed by atoms with E-state index in [0.717, 1.165) is 40.4 Å². The van der Waals surface area contributed by atoms with E-state index in [-0.39, 0.29) is 23.8 Å². The SMILES string of the molecule is [C-]#[N+][C@@H]1CC[C@H]2C(C(=O)Nc3cc4cc(-c5ccccc5C)nc(N)c4cn3)[C@@H]12. The Bertz CT molecular complexity index is 1180. The third-order valence-electron chi connectivity index (χ3n) is 6.36. The Morgan fingerprint density at radius 1 is 1.28 bits per heavy atom. The van der Waals surface area contributed by atoms with Crippen LogP contribution in [-0.2, 0) is 4.79 Å². The highest BCUT2D eigenvalue weighted by atomic mass is 16.2. The van der Waals surface area contributed by atoms with Gasteiger partial charge in [0.1, 0.15) is 11.6 Å². The van der Waals surface area contributed by atoms with Gasteiger partial charge < -0.3 is 15.9 Å². The highest BCUT2D eigenvalue weighted by Gasteiger charge is 2.64. The van der Waals surface area contributed by atoms with Crippen molar-refractivity contribution < 1.29 is 4.79 Å². The van der Waals surface area contributed by atoms with Crippen molar-refractivity contribution in [1.29, 1.82) is 0 Å². The van der Waals surface area contributed by atoms with E-state index in [2.05, 4.69) is 20.1 Å². The number of hydrogen-bond donors (Lipinski definition) is 2. The van der Waals surface area contributed by atoms with Crippen LogP contribution in [0.4, 0.5) is 11.6 Å². The molecule has 0 saturated heterocycles. The maximum Gasteiger partial charge on any atom is 0.229 e. The van der Waals surface area contributed by atoms with Crippen LogP contribution in [0.15, 0.2) is 42.6 Å². The van der Waals surface area contributed by atoms with Crippen LogP contribution in [0.1, 0.15) is 18.4 Å². The molecule has 6 nitrogen and oxygen atoms in total. The Labute approximate surface area is 169 Å². The molecule has 0 radical (unpaired) electrons. The molecular weight excluding hydrogens is 362 g/mol. The fourth-order valence-corrected chi connectivity index (χ4v) is 4.82. The lowest BCUT2D eigenvalue weighted by molar-refractivity contribution is -0.118. The lowest BCUT2D eigenvalue weighted by atomic mass is 10.0. The van der Waals surface area contributed by atoms with Gasteiger partial charge in [-0.15, -0.1) is 0 Å². The summed E-state index contributed by atoms with van der Waals surface area (Å²) in [4.78, 5) is 25.3. The number of nitrogens with one attached hydrogen (secondary N) is 1. The highest BCUT2D eigenvalue weighted by Crippen LogP contribution is 2.58. The maximum atomic E-state index is 12.7. The van der Waals surface area contributed by atoms with E-state index in [4.69, 9.17) is 12.3 Å². The molecule has 2 saturated carbocycles. The molecule has 1 amide bonds. The number of aryl methyl sites for hydroxylation is 1. The molecule has 0 bridgehead atoms. The van der Waals surface area contributed by atoms with Gasteiger partial charge in [0.2, 0.25) is 11.9 Å². The molecule has 4 atom stereocenters. The van der Waals surface area contributed by atoms with Gasteiger partial charge in [0.15, 0.2) is 0 Å². The van der Waals surface area contributed by atoms with E-state index in [1.54, 1.807) is 6.20 Å². The first-order valence-corrected chi connectivity index (χ1v) is 9.86. The van der Waals surface area contributed by atoms with Gasteiger partial charge in [-0.1, -0.05) is 24.3 Å². The molecule has 1 aromatic carbocycles. The molecule has 2 aliphatic carbocycles. The van der Waals surface area contributed by atoms with Crippen molar-refractivity contribution in [2.45, 2.75) is 25.8 Å². The van der Waals surface area contributed by atoms with Gasteiger partial charge in [0.25, 0.3) is 0 Å². The Balaban J connectivity index is 1.44. The summed E-state index contributed by atoms with van der Waals surface area (Å²) in [6, 6.07) is 11.9. The minimum Gasteiger partial charge on any atom is -0.383 e. The van der Waals surface area contributed by atoms with Crippen LogP contribution in [0.3, 0.4) is 0 Å². The van der Waals surface area contributed by atoms with Gasteiger partial charge in [0.05, 0.1) is 11.6 Å². The van der Waals surface area contributed by atoms with Crippen LogP contribution in [0, 0.1) is 31.2 Å². The second-order valence-corrected chi connectivity index (χ2v) is 8.03. The molecule has 2 aromatic heterocycles. The Morgan fingerprint density at radius 2 is 2.10 bits per heavy atom. The number of nitrogens with two attached hydrogens (primary N) is 1. The van der Waals surface area contributed by atoms with Crippen molar-refractivity contribution in [3.05, 3.63) is 59.6 Å². The average Bonchev–Trinajstić information content (AvgIpc) is 3.28. The third-order valence-corrected chi connectivity index (χ3v) is 6.36. The number of anilines is 2. The number of benzene rings is 1. The molecule has 144 valence electrons. The lowest BCUT2D eigenvalue weighted by Gasteiger charge is -2.11. The summed E-state index contributed by atoms with van der Waals surface area (Å²) in [5.41, 5.74) is 9.13. The maximum absolute atomic E-state index is 12.7. The standard InChI is InChI=1S/C23H21N5O/c1-12-5-3-4-6-14(12)18-9-13-10-19(26-11-16(13)22(24)27-18)28-23(29)21-15-7-8-17(25-2)20(15)21/h3-6,9-11,15,17,20-21H,7-8H2,1H3,(H2,24,27)(H,26,28,29)/t15-,17-,20-,21?/m1/s1. The number of amides is 1. The number of nitrogen functional groups attached to an aromatic ring is 1. The van der Waals surface area contributed by atoms with E-state index in [1.807, 2.05) is 43.3 Å². The summed E-state index contributed by atoms with van der Waals surface area (Å²) in [5.74, 6) is 1.44. The molecule has 6 heteroatoms. The van der Waals surface area contributed by atoms with Crippen molar-refractivity contribution in [2.75, 3.05) is 11.1 Å². The van der Waals surface area contributed by atoms with Gasteiger partial charge in [-0.2, -0.15) is 0 Å². The molecule has 1 unspecified atom stereocenters. The van der Waals surface area contributed by atoms with Gasteiger partial charge in [0, 0.05) is 29.5 Å². The van der Waals surface area contributed by atoms with Crippen molar-refractivity contribution in [3.63, 3.8) is 0 Å². The number of carbonyl (C=O) groups is 1. The fourth-order valence-electron chi connectivity index (χ4n) is 4.82. The number of rotatable bonds is 3. The highest BCUT2D eigenvalue weighted by molar-refractivity contribution is 5.98. The van der Waals surface area contributed by atoms with Crippen LogP contribution in [-0.4, -0.2) is 21.9 Å². The lowest BCUT2D eigenvalue weighted by Crippen LogP contribution is -2.19. The number of pyridine rings is 2. The van der Waals surface area contributed by atoms with Gasteiger partial charge in [-0.05, 0) is 42.3 Å². The second kappa shape index (κ2) is 6.56. The number of carbonyl (C=O) groups excluding carboxylic acids is 1. The normalized spacial score (nSPS) is 24.7. The summed E-state index contributed by atoms with van der Waals surface area (Å²) in [6.07, 6.45) is 3.55. The van der Waals surface area contributed by atoms with E-state index < -0.39 is 0 Å². The summed E-state index contributed by atoms with van der Waals surface area (Å²) in [7, 11) is 0. The van der Waals surface area contributed by atoms with Crippen LogP contribution < -0.4 is 11.1 Å². The van der Waals surface area contributed by atoms with Gasteiger partial charge in [-0.25, -0.2) is 16.5 Å². The van der Waals surface area contributed by atoms with E-state index in [1.165, 1.54) is 0 Å². The molecule has 29 heavy (non-hydrogen) atoms. The average molecular weight is 383 g/mol. The Morgan fingerprint density at radius 3 is 2.90 bits per heavy atom. The minimum atomic E-state index is -0.0506. The molecule has 0 spiro atoms. The molecule has 0 aliphatic heterocycles. The third kappa shape index (κ3) is 2.90. The van der Waals surface area contributed by atoms with E-state index in [0.29, 0.717) is 17.6 Å². The molecule has 3 aromatic rings. The summed E-state index contributed by atoms with van der Waals surface area (Å²) in [6.45, 7) is 9.33. The quantitative estimate of drug-likeness (QED) is 0.668. The molecule has 3 N–H and O–H groups in total. The van der Waals surface area contributed by atoms with Gasteiger partial charge >= 0.3 is 0 Å². The van der Waals surface area contributed by atoms with Crippen molar-refractivity contribution in [2.24, 2.45) is 17.8 Å². The summed E-state index contributed by atoms with van der Waals surface area (Å²) >= 11 is 0. The van der Waals surface area contributed by atoms with Crippen LogP contribution >= 0.6 is 0 Å². The van der Waals surface area contributed by atoms with Crippen LogP contribution in [0.25, 0.3) is 26.9 Å². The predicted octanol–water partition coefficient (Wildman–Crippen LogP) is 4.07. The smallest absolute Gasteiger partial charge is 0.229 e. The monoisotopic (exact) mass is 383 g/mol. The van der Waals surface area contributed by atoms with Crippen molar-refractivity contribution >= 4 is 28.3 Å². The first-order chi connectivity index (χ1) is 14.1. The van der Waals surface area contributed by atoms with Crippen molar-refractivity contribution in [3.8, 4) is 11.3 Å². The topological polar surface area (TPSA) is 85.3 Å². The Hall–Kier alpha value is -3.46. The summed E-state index contributed by atoms with van der Waals surface area (Å²) in [5, 5.41) is 4.59. The predicted molar refractivity (Wildman–Crippen MR) is 113 cm³/mol. The van der Waals surface area contributed by atoms with Crippen LogP contribution in [0.5, 0.6) is 0 Å². The molecule has 2 fully saturated rings. The number of nitrogens with zero attached hydrogens (tertiary/aromatic N) is 3. The zero-order valence-corrected chi connectivity index (χ0v) is 16.1. The molecule has 2 aliphatic rings. The first kappa shape index (κ1) is 17.6.